The van der Waals surface area contributed by atoms with Gasteiger partial charge < -0.3 is 19.7 Å². The minimum atomic E-state index is -3.37. The van der Waals surface area contributed by atoms with Crippen LogP contribution in [0.2, 0.25) is 0 Å². The van der Waals surface area contributed by atoms with Crippen LogP contribution in [0, 0.1) is 0 Å². The van der Waals surface area contributed by atoms with Crippen LogP contribution in [0.5, 0.6) is 11.5 Å². The van der Waals surface area contributed by atoms with E-state index < -0.39 is 22.1 Å². The van der Waals surface area contributed by atoms with Crippen LogP contribution in [0.15, 0.2) is 36.4 Å². The zero-order valence-corrected chi connectivity index (χ0v) is 17.8. The highest BCUT2D eigenvalue weighted by molar-refractivity contribution is 7.88. The molecule has 0 saturated heterocycles. The second kappa shape index (κ2) is 13.2. The van der Waals surface area contributed by atoms with Crippen molar-refractivity contribution in [2.75, 3.05) is 33.1 Å². The first-order valence-electron chi connectivity index (χ1n) is 9.49. The van der Waals surface area contributed by atoms with E-state index in [0.29, 0.717) is 37.2 Å². The molecule has 0 aliphatic rings. The smallest absolute Gasteiger partial charge is 0.303 e. The molecule has 0 fully saturated rings. The summed E-state index contributed by atoms with van der Waals surface area (Å²) >= 11 is 0. The average Bonchev–Trinajstić information content (AvgIpc) is 2.66. The van der Waals surface area contributed by atoms with Gasteiger partial charge in [-0.25, -0.2) is 8.42 Å². The van der Waals surface area contributed by atoms with Crippen molar-refractivity contribution in [3.63, 3.8) is 0 Å². The Labute approximate surface area is 172 Å². The molecule has 0 amide bonds. The quantitative estimate of drug-likeness (QED) is 0.325. The Morgan fingerprint density at radius 2 is 1.97 bits per heavy atom. The number of benzene rings is 1. The van der Waals surface area contributed by atoms with Gasteiger partial charge >= 0.3 is 5.97 Å². The number of nitrogens with zero attached hydrogens (tertiary/aromatic N) is 1. The van der Waals surface area contributed by atoms with Crippen LogP contribution in [0.25, 0.3) is 0 Å². The Kier molecular flexibility index (Phi) is 11.3. The van der Waals surface area contributed by atoms with Crippen LogP contribution in [0.4, 0.5) is 0 Å². The zero-order valence-electron chi connectivity index (χ0n) is 17.0. The number of rotatable bonds is 15. The van der Waals surface area contributed by atoms with E-state index in [1.54, 1.807) is 43.5 Å². The zero-order chi connectivity index (χ0) is 21.7. The van der Waals surface area contributed by atoms with Gasteiger partial charge in [0, 0.05) is 25.6 Å². The number of hydrogen-bond donors (Lipinski definition) is 2. The Hall–Kier alpha value is -2.10. The predicted octanol–water partition coefficient (Wildman–Crippen LogP) is 2.29. The van der Waals surface area contributed by atoms with Gasteiger partial charge in [-0.15, -0.1) is 0 Å². The maximum atomic E-state index is 11.9. The summed E-state index contributed by atoms with van der Waals surface area (Å²) in [6.45, 7) is 0.617. The molecule has 0 aliphatic heterocycles. The fraction of sp³-hybridized carbons (Fsp3) is 0.550. The highest BCUT2D eigenvalue weighted by atomic mass is 32.2. The number of carboxylic acids is 1. The average molecular weight is 430 g/mol. The van der Waals surface area contributed by atoms with Crippen molar-refractivity contribution in [2.24, 2.45) is 0 Å². The summed E-state index contributed by atoms with van der Waals surface area (Å²) in [6.07, 6.45) is 6.04. The van der Waals surface area contributed by atoms with E-state index in [0.717, 1.165) is 6.26 Å². The van der Waals surface area contributed by atoms with Crippen molar-refractivity contribution < 1.29 is 32.9 Å². The Bertz CT molecular complexity index is 749. The molecule has 8 nitrogen and oxygen atoms in total. The number of carboxylic acid groups (broad SMARTS) is 1. The lowest BCUT2D eigenvalue weighted by molar-refractivity contribution is -0.137. The van der Waals surface area contributed by atoms with Gasteiger partial charge in [-0.1, -0.05) is 18.2 Å². The van der Waals surface area contributed by atoms with E-state index in [1.165, 1.54) is 4.31 Å². The lowest BCUT2D eigenvalue weighted by Gasteiger charge is -2.19. The fourth-order valence-corrected chi connectivity index (χ4v) is 3.36. The number of aliphatic hydroxyl groups excluding tert-OH is 1. The van der Waals surface area contributed by atoms with Gasteiger partial charge in [0.15, 0.2) is 0 Å². The molecule has 1 rings (SSSR count). The van der Waals surface area contributed by atoms with E-state index >= 15 is 0 Å². The van der Waals surface area contributed by atoms with Crippen LogP contribution in [0.3, 0.4) is 0 Å². The fourth-order valence-electron chi connectivity index (χ4n) is 2.54. The summed E-state index contributed by atoms with van der Waals surface area (Å²) < 4.78 is 35.8. The number of hydrogen-bond acceptors (Lipinski definition) is 6. The van der Waals surface area contributed by atoms with Gasteiger partial charge in [0.1, 0.15) is 18.1 Å². The monoisotopic (exact) mass is 429 g/mol. The number of methoxy groups -OCH3 is 1. The third kappa shape index (κ3) is 11.5. The van der Waals surface area contributed by atoms with E-state index in [9.17, 15) is 18.3 Å². The van der Waals surface area contributed by atoms with Crippen molar-refractivity contribution in [3.05, 3.63) is 36.4 Å². The molecule has 0 radical (unpaired) electrons. The summed E-state index contributed by atoms with van der Waals surface area (Å²) in [4.78, 5) is 10.5. The molecular weight excluding hydrogens is 398 g/mol. The van der Waals surface area contributed by atoms with E-state index in [2.05, 4.69) is 0 Å². The van der Waals surface area contributed by atoms with Crippen molar-refractivity contribution in [2.45, 2.75) is 38.2 Å². The van der Waals surface area contributed by atoms with Crippen LogP contribution in [-0.2, 0) is 14.8 Å². The third-order valence-electron chi connectivity index (χ3n) is 4.13. The number of ether oxygens (including phenoxy) is 2. The Balaban J connectivity index is 2.35. The summed E-state index contributed by atoms with van der Waals surface area (Å²) in [6, 6.07) is 7.08. The molecule has 1 aromatic carbocycles. The molecule has 0 heterocycles. The van der Waals surface area contributed by atoms with Gasteiger partial charge in [-0.05, 0) is 37.8 Å². The summed E-state index contributed by atoms with van der Waals surface area (Å²) in [5, 5.41) is 18.7. The normalized spacial score (nSPS) is 13.0. The molecule has 0 aromatic heterocycles. The number of aliphatic hydroxyl groups is 1. The highest BCUT2D eigenvalue weighted by Crippen LogP contribution is 2.19. The molecule has 1 atom stereocenters. The highest BCUT2D eigenvalue weighted by Gasteiger charge is 2.15. The standard InChI is InChI=1S/C20H31NO7S/c1-27-18-10-7-11-19(15-18)28-16-17(22)9-8-14-21(29(2,25)26)13-6-4-3-5-12-20(23)24/h4,6-7,10-11,15,17,22H,3,5,8-9,12-14,16H2,1-2H3,(H,23,24). The molecule has 0 spiro atoms. The molecule has 1 aromatic rings. The van der Waals surface area contributed by atoms with Crippen molar-refractivity contribution in [3.8, 4) is 11.5 Å². The second-order valence-electron chi connectivity index (χ2n) is 6.66. The molecule has 0 aliphatic carbocycles. The second-order valence-corrected chi connectivity index (χ2v) is 8.65. The Morgan fingerprint density at radius 3 is 2.62 bits per heavy atom. The van der Waals surface area contributed by atoms with Gasteiger partial charge in [-0.2, -0.15) is 4.31 Å². The molecular formula is C20H31NO7S. The maximum absolute atomic E-state index is 11.9. The van der Waals surface area contributed by atoms with Crippen LogP contribution >= 0.6 is 0 Å². The number of allylic oxidation sites excluding steroid dienone is 1. The summed E-state index contributed by atoms with van der Waals surface area (Å²) in [5.41, 5.74) is 0. The van der Waals surface area contributed by atoms with Gasteiger partial charge in [-0.3, -0.25) is 4.79 Å². The SMILES string of the molecule is COc1cccc(OCC(O)CCCN(CC=CCCCC(=O)O)S(C)(=O)=O)c1. The number of aliphatic carboxylic acids is 1. The van der Waals surface area contributed by atoms with Crippen molar-refractivity contribution in [1.82, 2.24) is 4.31 Å². The lowest BCUT2D eigenvalue weighted by atomic mass is 10.2. The summed E-state index contributed by atoms with van der Waals surface area (Å²) in [7, 11) is -1.81. The first-order valence-corrected chi connectivity index (χ1v) is 11.3. The van der Waals surface area contributed by atoms with Crippen molar-refractivity contribution in [1.29, 1.82) is 0 Å². The van der Waals surface area contributed by atoms with Gasteiger partial charge in [0.05, 0.1) is 19.5 Å². The summed E-state index contributed by atoms with van der Waals surface area (Å²) in [5.74, 6) is 0.413. The molecule has 164 valence electrons. The minimum Gasteiger partial charge on any atom is -0.497 e. The largest absolute Gasteiger partial charge is 0.497 e. The number of sulfonamides is 1. The van der Waals surface area contributed by atoms with Crippen LogP contribution in [0.1, 0.15) is 32.1 Å². The van der Waals surface area contributed by atoms with Crippen LogP contribution in [-0.4, -0.2) is 68.1 Å². The number of carbonyl (C=O) groups is 1. The van der Waals surface area contributed by atoms with Gasteiger partial charge in [0.2, 0.25) is 10.0 Å². The van der Waals surface area contributed by atoms with E-state index in [1.807, 2.05) is 0 Å². The maximum Gasteiger partial charge on any atom is 0.303 e. The predicted molar refractivity (Wildman–Crippen MR) is 111 cm³/mol. The lowest BCUT2D eigenvalue weighted by Crippen LogP contribution is -2.32. The first-order chi connectivity index (χ1) is 13.7. The van der Waals surface area contributed by atoms with Gasteiger partial charge in [0.25, 0.3) is 0 Å². The van der Waals surface area contributed by atoms with Crippen molar-refractivity contribution >= 4 is 16.0 Å². The minimum absolute atomic E-state index is 0.0931. The Morgan fingerprint density at radius 1 is 1.24 bits per heavy atom. The van der Waals surface area contributed by atoms with E-state index in [4.69, 9.17) is 14.6 Å². The van der Waals surface area contributed by atoms with E-state index in [-0.39, 0.29) is 26.1 Å². The molecule has 2 N–H and O–H groups in total. The molecule has 9 heteroatoms. The molecule has 1 unspecified atom stereocenters. The van der Waals surface area contributed by atoms with Crippen LogP contribution < -0.4 is 9.47 Å². The topological polar surface area (TPSA) is 113 Å². The molecule has 0 saturated carbocycles. The third-order valence-corrected chi connectivity index (χ3v) is 5.40. The molecule has 29 heavy (non-hydrogen) atoms. The number of unbranched alkanes of at least 4 members (excludes halogenated alkanes) is 1. The first kappa shape index (κ1) is 24.9. The molecule has 0 bridgehead atoms.